The molecule has 0 saturated heterocycles. The van der Waals surface area contributed by atoms with E-state index in [9.17, 15) is 4.79 Å². The van der Waals surface area contributed by atoms with Crippen molar-refractivity contribution >= 4 is 40.4 Å². The molecule has 0 spiro atoms. The molecular formula is C15H13ClN2OS. The van der Waals surface area contributed by atoms with E-state index in [-0.39, 0.29) is 5.91 Å². The molecule has 0 saturated carbocycles. The van der Waals surface area contributed by atoms with E-state index in [0.717, 1.165) is 5.56 Å². The molecule has 0 bridgehead atoms. The van der Waals surface area contributed by atoms with Crippen LogP contribution in [0.1, 0.15) is 15.9 Å². The highest BCUT2D eigenvalue weighted by atomic mass is 35.5. The van der Waals surface area contributed by atoms with E-state index in [1.807, 2.05) is 12.1 Å². The van der Waals surface area contributed by atoms with Gasteiger partial charge in [-0.3, -0.25) is 4.79 Å². The molecular weight excluding hydrogens is 292 g/mol. The van der Waals surface area contributed by atoms with Gasteiger partial charge in [-0.25, -0.2) is 0 Å². The summed E-state index contributed by atoms with van der Waals surface area (Å²) in [6.45, 7) is 0. The van der Waals surface area contributed by atoms with Crippen molar-refractivity contribution in [1.29, 1.82) is 0 Å². The van der Waals surface area contributed by atoms with Crippen LogP contribution in [0.5, 0.6) is 0 Å². The Morgan fingerprint density at radius 2 is 1.70 bits per heavy atom. The lowest BCUT2D eigenvalue weighted by molar-refractivity contribution is 0.102. The number of halogens is 1. The molecule has 3 nitrogen and oxygen atoms in total. The summed E-state index contributed by atoms with van der Waals surface area (Å²) in [6, 6.07) is 14.1. The Morgan fingerprint density at radius 1 is 1.10 bits per heavy atom. The van der Waals surface area contributed by atoms with Gasteiger partial charge in [0.1, 0.15) is 0 Å². The molecule has 2 rings (SSSR count). The Labute approximate surface area is 127 Å². The van der Waals surface area contributed by atoms with E-state index in [0.29, 0.717) is 27.7 Å². The first-order chi connectivity index (χ1) is 9.54. The lowest BCUT2D eigenvalue weighted by Gasteiger charge is -2.06. The molecule has 0 aromatic heterocycles. The van der Waals surface area contributed by atoms with E-state index >= 15 is 0 Å². The number of hydrogen-bond acceptors (Lipinski definition) is 2. The van der Waals surface area contributed by atoms with Gasteiger partial charge in [-0.1, -0.05) is 36.0 Å². The third-order valence-electron chi connectivity index (χ3n) is 2.70. The Balaban J connectivity index is 2.05. The summed E-state index contributed by atoms with van der Waals surface area (Å²) in [5.41, 5.74) is 7.74. The van der Waals surface area contributed by atoms with Crippen molar-refractivity contribution < 1.29 is 4.79 Å². The molecule has 2 aromatic carbocycles. The zero-order valence-electron chi connectivity index (χ0n) is 10.6. The summed E-state index contributed by atoms with van der Waals surface area (Å²) in [4.78, 5) is 12.5. The molecule has 0 aliphatic rings. The minimum Gasteiger partial charge on any atom is -0.393 e. The van der Waals surface area contributed by atoms with Crippen molar-refractivity contribution in [2.24, 2.45) is 5.73 Å². The fourth-order valence-corrected chi connectivity index (χ4v) is 2.00. The molecule has 102 valence electrons. The van der Waals surface area contributed by atoms with Crippen LogP contribution in [-0.4, -0.2) is 10.9 Å². The smallest absolute Gasteiger partial charge is 0.255 e. The third-order valence-corrected chi connectivity index (χ3v) is 3.09. The van der Waals surface area contributed by atoms with Crippen molar-refractivity contribution in [2.75, 3.05) is 5.32 Å². The summed E-state index contributed by atoms with van der Waals surface area (Å²) in [7, 11) is 0. The van der Waals surface area contributed by atoms with Gasteiger partial charge in [0.2, 0.25) is 0 Å². The highest BCUT2D eigenvalue weighted by Gasteiger charge is 2.06. The Morgan fingerprint density at radius 3 is 2.25 bits per heavy atom. The standard InChI is InChI=1S/C15H13ClN2OS/c16-12-5-7-13(8-6-12)18-15(19)11-3-1-10(2-4-11)9-14(17)20/h1-8H,9H2,(H2,17,20)(H,18,19). The largest absolute Gasteiger partial charge is 0.393 e. The predicted molar refractivity (Wildman–Crippen MR) is 86.3 cm³/mol. The summed E-state index contributed by atoms with van der Waals surface area (Å²) in [6.07, 6.45) is 0.536. The van der Waals surface area contributed by atoms with Gasteiger partial charge in [0.25, 0.3) is 5.91 Å². The van der Waals surface area contributed by atoms with Crippen molar-refractivity contribution in [1.82, 2.24) is 0 Å². The number of rotatable bonds is 4. The second-order valence-corrected chi connectivity index (χ2v) is 5.26. The number of carbonyl (C=O) groups is 1. The van der Waals surface area contributed by atoms with Crippen molar-refractivity contribution in [3.05, 3.63) is 64.7 Å². The summed E-state index contributed by atoms with van der Waals surface area (Å²) >= 11 is 10.6. The minimum atomic E-state index is -0.172. The number of carbonyl (C=O) groups excluding carboxylic acids is 1. The van der Waals surface area contributed by atoms with Crippen LogP contribution in [0, 0.1) is 0 Å². The molecule has 0 aliphatic heterocycles. The number of benzene rings is 2. The molecule has 20 heavy (non-hydrogen) atoms. The predicted octanol–water partition coefficient (Wildman–Crippen LogP) is 3.42. The van der Waals surface area contributed by atoms with Crippen molar-refractivity contribution in [3.63, 3.8) is 0 Å². The molecule has 3 N–H and O–H groups in total. The molecule has 0 fully saturated rings. The van der Waals surface area contributed by atoms with Gasteiger partial charge >= 0.3 is 0 Å². The summed E-state index contributed by atoms with van der Waals surface area (Å²) in [5.74, 6) is -0.172. The molecule has 2 aromatic rings. The topological polar surface area (TPSA) is 55.1 Å². The van der Waals surface area contributed by atoms with Crippen LogP contribution in [0.15, 0.2) is 48.5 Å². The number of nitrogens with two attached hydrogens (primary N) is 1. The third kappa shape index (κ3) is 4.05. The first-order valence-electron chi connectivity index (χ1n) is 5.99. The maximum Gasteiger partial charge on any atom is 0.255 e. The number of hydrogen-bond donors (Lipinski definition) is 2. The van der Waals surface area contributed by atoms with Crippen LogP contribution in [0.4, 0.5) is 5.69 Å². The van der Waals surface area contributed by atoms with E-state index in [1.54, 1.807) is 36.4 Å². The number of nitrogens with one attached hydrogen (secondary N) is 1. The van der Waals surface area contributed by atoms with Gasteiger partial charge in [0.15, 0.2) is 0 Å². The Hall–Kier alpha value is -1.91. The molecule has 0 heterocycles. The highest BCUT2D eigenvalue weighted by Crippen LogP contribution is 2.15. The first kappa shape index (κ1) is 14.5. The SMILES string of the molecule is NC(=S)Cc1ccc(C(=O)Nc2ccc(Cl)cc2)cc1. The average Bonchev–Trinajstić information content (AvgIpc) is 2.41. The zero-order valence-corrected chi connectivity index (χ0v) is 12.2. The number of amides is 1. The monoisotopic (exact) mass is 304 g/mol. The lowest BCUT2D eigenvalue weighted by Crippen LogP contribution is -2.13. The van der Waals surface area contributed by atoms with Gasteiger partial charge in [0.05, 0.1) is 4.99 Å². The zero-order chi connectivity index (χ0) is 14.5. The number of anilines is 1. The van der Waals surface area contributed by atoms with Gasteiger partial charge in [-0.15, -0.1) is 0 Å². The fraction of sp³-hybridized carbons (Fsp3) is 0.0667. The molecule has 1 amide bonds. The highest BCUT2D eigenvalue weighted by molar-refractivity contribution is 7.80. The second kappa shape index (κ2) is 6.50. The van der Waals surface area contributed by atoms with E-state index in [1.165, 1.54) is 0 Å². The maximum absolute atomic E-state index is 12.0. The van der Waals surface area contributed by atoms with Crippen molar-refractivity contribution in [3.8, 4) is 0 Å². The van der Waals surface area contributed by atoms with Gasteiger partial charge < -0.3 is 11.1 Å². The Kier molecular flexibility index (Phi) is 4.71. The van der Waals surface area contributed by atoms with Gasteiger partial charge in [-0.2, -0.15) is 0 Å². The molecule has 0 atom stereocenters. The second-order valence-electron chi connectivity index (χ2n) is 4.30. The normalized spacial score (nSPS) is 10.1. The van der Waals surface area contributed by atoms with Crippen LogP contribution in [0.2, 0.25) is 5.02 Å². The summed E-state index contributed by atoms with van der Waals surface area (Å²) in [5, 5.41) is 3.43. The van der Waals surface area contributed by atoms with Crippen LogP contribution in [-0.2, 0) is 6.42 Å². The van der Waals surface area contributed by atoms with Crippen molar-refractivity contribution in [2.45, 2.75) is 6.42 Å². The van der Waals surface area contributed by atoms with Gasteiger partial charge in [-0.05, 0) is 42.0 Å². The molecule has 5 heteroatoms. The Bertz CT molecular complexity index is 623. The summed E-state index contributed by atoms with van der Waals surface area (Å²) < 4.78 is 0. The lowest BCUT2D eigenvalue weighted by atomic mass is 10.1. The molecule has 0 radical (unpaired) electrons. The quantitative estimate of drug-likeness (QED) is 0.851. The van der Waals surface area contributed by atoms with Crippen LogP contribution in [0.25, 0.3) is 0 Å². The van der Waals surface area contributed by atoms with E-state index in [2.05, 4.69) is 5.32 Å². The maximum atomic E-state index is 12.0. The molecule has 0 unspecified atom stereocenters. The first-order valence-corrected chi connectivity index (χ1v) is 6.77. The van der Waals surface area contributed by atoms with E-state index < -0.39 is 0 Å². The van der Waals surface area contributed by atoms with Gasteiger partial charge in [0, 0.05) is 22.7 Å². The number of thiocarbonyl (C=S) groups is 1. The fourth-order valence-electron chi connectivity index (χ4n) is 1.71. The van der Waals surface area contributed by atoms with E-state index in [4.69, 9.17) is 29.6 Å². The molecule has 0 aliphatic carbocycles. The average molecular weight is 305 g/mol. The van der Waals surface area contributed by atoms with Crippen LogP contribution >= 0.6 is 23.8 Å². The minimum absolute atomic E-state index is 0.172. The van der Waals surface area contributed by atoms with Crippen LogP contribution in [0.3, 0.4) is 0 Å². The van der Waals surface area contributed by atoms with Crippen LogP contribution < -0.4 is 11.1 Å².